The predicted molar refractivity (Wildman–Crippen MR) is 151 cm³/mol. The van der Waals surface area contributed by atoms with Crippen LogP contribution in [0.4, 0.5) is 17.1 Å². The van der Waals surface area contributed by atoms with E-state index in [1.807, 2.05) is 6.92 Å². The van der Waals surface area contributed by atoms with Crippen molar-refractivity contribution in [3.63, 3.8) is 0 Å². The monoisotopic (exact) mass is 565 g/mol. The second-order valence-corrected chi connectivity index (χ2v) is 12.3. The van der Waals surface area contributed by atoms with Gasteiger partial charge in [0.05, 0.1) is 22.6 Å². The molecule has 4 aromatic rings. The van der Waals surface area contributed by atoms with Gasteiger partial charge in [-0.05, 0) is 91.9 Å². The number of methoxy groups -OCH3 is 1. The van der Waals surface area contributed by atoms with Crippen molar-refractivity contribution in [2.45, 2.75) is 16.7 Å². The zero-order chi connectivity index (χ0) is 28.2. The Labute approximate surface area is 228 Å². The van der Waals surface area contributed by atoms with Crippen LogP contribution < -0.4 is 19.1 Å². The molecule has 0 aliphatic carbocycles. The van der Waals surface area contributed by atoms with E-state index in [4.69, 9.17) is 4.74 Å². The molecule has 11 heteroatoms. The number of carbonyl (C=O) groups excluding carboxylic acids is 1. The van der Waals surface area contributed by atoms with Crippen LogP contribution in [-0.4, -0.2) is 36.9 Å². The van der Waals surface area contributed by atoms with E-state index in [1.54, 1.807) is 60.7 Å². The van der Waals surface area contributed by atoms with E-state index in [-0.39, 0.29) is 9.79 Å². The van der Waals surface area contributed by atoms with E-state index in [9.17, 15) is 21.6 Å². The van der Waals surface area contributed by atoms with Gasteiger partial charge in [0.25, 0.3) is 26.0 Å². The normalized spacial score (nSPS) is 11.5. The smallest absolute Gasteiger partial charge is 0.264 e. The van der Waals surface area contributed by atoms with Crippen molar-refractivity contribution in [2.75, 3.05) is 28.5 Å². The van der Waals surface area contributed by atoms with E-state index in [1.165, 1.54) is 50.6 Å². The molecule has 4 aromatic carbocycles. The van der Waals surface area contributed by atoms with Crippen LogP contribution in [0.15, 0.2) is 107 Å². The average molecular weight is 566 g/mol. The Kier molecular flexibility index (Phi) is 7.93. The Morgan fingerprint density at radius 3 is 1.82 bits per heavy atom. The number of hydrogen-bond donors (Lipinski definition) is 2. The first-order chi connectivity index (χ1) is 18.5. The summed E-state index contributed by atoms with van der Waals surface area (Å²) < 4.78 is 60.0. The summed E-state index contributed by atoms with van der Waals surface area (Å²) in [5.41, 5.74) is 2.43. The largest absolute Gasteiger partial charge is 0.497 e. The van der Waals surface area contributed by atoms with Crippen molar-refractivity contribution in [3.8, 4) is 5.75 Å². The number of nitrogens with zero attached hydrogens (tertiary/aromatic N) is 1. The minimum absolute atomic E-state index is 0.0264. The number of nitrogens with one attached hydrogen (secondary N) is 2. The number of aryl methyl sites for hydroxylation is 1. The lowest BCUT2D eigenvalue weighted by atomic mass is 10.2. The highest BCUT2D eigenvalue weighted by molar-refractivity contribution is 7.93. The van der Waals surface area contributed by atoms with Gasteiger partial charge in [-0.1, -0.05) is 17.7 Å². The standard InChI is InChI=1S/C28H27N3O6S2/c1-20-4-16-27(17-5-20)39(35,36)31(2)24-12-6-21(7-13-24)28(32)29-22-10-18-26(19-11-22)38(33,34)30-23-8-14-25(37-3)15-9-23/h4-19,30H,1-3H3,(H,29,32). The zero-order valence-corrected chi connectivity index (χ0v) is 23.1. The molecule has 0 heterocycles. The van der Waals surface area contributed by atoms with Crippen LogP contribution >= 0.6 is 0 Å². The van der Waals surface area contributed by atoms with E-state index < -0.39 is 26.0 Å². The third-order valence-corrected chi connectivity index (χ3v) is 9.13. The maximum atomic E-state index is 12.9. The third kappa shape index (κ3) is 6.39. The van der Waals surface area contributed by atoms with Crippen LogP contribution in [0.3, 0.4) is 0 Å². The van der Waals surface area contributed by atoms with Gasteiger partial charge in [0.15, 0.2) is 0 Å². The minimum atomic E-state index is -3.83. The number of carbonyl (C=O) groups is 1. The van der Waals surface area contributed by atoms with Crippen molar-refractivity contribution >= 4 is 43.0 Å². The Bertz CT molecular complexity index is 1670. The lowest BCUT2D eigenvalue weighted by Crippen LogP contribution is -2.26. The van der Waals surface area contributed by atoms with Crippen molar-refractivity contribution in [2.24, 2.45) is 0 Å². The number of hydrogen-bond acceptors (Lipinski definition) is 6. The molecule has 202 valence electrons. The molecule has 0 saturated carbocycles. The Hall–Kier alpha value is -4.35. The number of amides is 1. The van der Waals surface area contributed by atoms with Gasteiger partial charge in [-0.25, -0.2) is 16.8 Å². The van der Waals surface area contributed by atoms with Gasteiger partial charge in [0.1, 0.15) is 5.75 Å². The molecule has 0 saturated heterocycles. The summed E-state index contributed by atoms with van der Waals surface area (Å²) >= 11 is 0. The molecule has 0 aliphatic heterocycles. The number of anilines is 3. The molecule has 0 atom stereocenters. The van der Waals surface area contributed by atoms with Crippen molar-refractivity contribution in [1.82, 2.24) is 0 Å². The molecule has 9 nitrogen and oxygen atoms in total. The first kappa shape index (κ1) is 27.7. The SMILES string of the molecule is COc1ccc(NS(=O)(=O)c2ccc(NC(=O)c3ccc(N(C)S(=O)(=O)c4ccc(C)cc4)cc3)cc2)cc1. The zero-order valence-electron chi connectivity index (χ0n) is 21.5. The third-order valence-electron chi connectivity index (χ3n) is 5.94. The molecule has 39 heavy (non-hydrogen) atoms. The summed E-state index contributed by atoms with van der Waals surface area (Å²) in [5, 5.41) is 2.71. The van der Waals surface area contributed by atoms with Crippen LogP contribution in [0.25, 0.3) is 0 Å². The molecule has 1 amide bonds. The Morgan fingerprint density at radius 1 is 0.718 bits per heavy atom. The number of ether oxygens (including phenoxy) is 1. The lowest BCUT2D eigenvalue weighted by Gasteiger charge is -2.20. The lowest BCUT2D eigenvalue weighted by molar-refractivity contribution is 0.102. The number of sulfonamides is 2. The maximum absolute atomic E-state index is 12.9. The second-order valence-electron chi connectivity index (χ2n) is 8.64. The summed E-state index contributed by atoms with van der Waals surface area (Å²) in [6.07, 6.45) is 0. The van der Waals surface area contributed by atoms with Gasteiger partial charge in [-0.15, -0.1) is 0 Å². The fraction of sp³-hybridized carbons (Fsp3) is 0.107. The highest BCUT2D eigenvalue weighted by Gasteiger charge is 2.21. The summed E-state index contributed by atoms with van der Waals surface area (Å²) in [6, 6.07) is 24.9. The molecule has 4 rings (SSSR count). The van der Waals surface area contributed by atoms with Crippen LogP contribution in [0, 0.1) is 6.92 Å². The van der Waals surface area contributed by atoms with Crippen LogP contribution in [0.1, 0.15) is 15.9 Å². The minimum Gasteiger partial charge on any atom is -0.497 e. The molecule has 0 aliphatic rings. The highest BCUT2D eigenvalue weighted by atomic mass is 32.2. The molecule has 2 N–H and O–H groups in total. The highest BCUT2D eigenvalue weighted by Crippen LogP contribution is 2.24. The van der Waals surface area contributed by atoms with Crippen LogP contribution in [-0.2, 0) is 20.0 Å². The summed E-state index contributed by atoms with van der Waals surface area (Å²) in [6.45, 7) is 1.88. The molecule has 0 fully saturated rings. The van der Waals surface area contributed by atoms with Gasteiger partial charge in [-0.3, -0.25) is 13.8 Å². The number of benzene rings is 4. The van der Waals surface area contributed by atoms with Gasteiger partial charge < -0.3 is 10.1 Å². The average Bonchev–Trinajstić information content (AvgIpc) is 2.93. The van der Waals surface area contributed by atoms with E-state index in [0.717, 1.165) is 9.87 Å². The van der Waals surface area contributed by atoms with Gasteiger partial charge >= 0.3 is 0 Å². The van der Waals surface area contributed by atoms with Crippen molar-refractivity contribution < 1.29 is 26.4 Å². The Morgan fingerprint density at radius 2 is 1.26 bits per heavy atom. The first-order valence-electron chi connectivity index (χ1n) is 11.7. The first-order valence-corrected chi connectivity index (χ1v) is 14.7. The summed E-state index contributed by atoms with van der Waals surface area (Å²) in [7, 11) is -4.62. The molecule has 0 aromatic heterocycles. The molecule has 0 unspecified atom stereocenters. The van der Waals surface area contributed by atoms with Gasteiger partial charge in [-0.2, -0.15) is 0 Å². The van der Waals surface area contributed by atoms with Crippen molar-refractivity contribution in [3.05, 3.63) is 108 Å². The quantitative estimate of drug-likeness (QED) is 0.298. The van der Waals surface area contributed by atoms with E-state index in [2.05, 4.69) is 10.0 Å². The van der Waals surface area contributed by atoms with Crippen LogP contribution in [0.5, 0.6) is 5.75 Å². The molecular formula is C28H27N3O6S2. The van der Waals surface area contributed by atoms with Crippen molar-refractivity contribution in [1.29, 1.82) is 0 Å². The Balaban J connectivity index is 1.41. The van der Waals surface area contributed by atoms with E-state index >= 15 is 0 Å². The summed E-state index contributed by atoms with van der Waals surface area (Å²) in [5.74, 6) is 0.171. The second kappa shape index (κ2) is 11.2. The fourth-order valence-corrected chi connectivity index (χ4v) is 5.88. The molecular weight excluding hydrogens is 538 g/mol. The van der Waals surface area contributed by atoms with Gasteiger partial charge in [0.2, 0.25) is 0 Å². The molecule has 0 bridgehead atoms. The predicted octanol–water partition coefficient (Wildman–Crippen LogP) is 4.88. The molecule has 0 spiro atoms. The fourth-order valence-electron chi connectivity index (χ4n) is 3.62. The van der Waals surface area contributed by atoms with Crippen LogP contribution in [0.2, 0.25) is 0 Å². The van der Waals surface area contributed by atoms with E-state index in [0.29, 0.717) is 28.4 Å². The van der Waals surface area contributed by atoms with Gasteiger partial charge in [0, 0.05) is 24.0 Å². The summed E-state index contributed by atoms with van der Waals surface area (Å²) in [4.78, 5) is 12.9. The number of rotatable bonds is 9. The topological polar surface area (TPSA) is 122 Å². The molecule has 0 radical (unpaired) electrons. The maximum Gasteiger partial charge on any atom is 0.264 e.